The van der Waals surface area contributed by atoms with Crippen LogP contribution in [-0.2, 0) is 17.8 Å². The van der Waals surface area contributed by atoms with E-state index < -0.39 is 5.97 Å². The number of nitrogens with zero attached hydrogens (tertiary/aromatic N) is 3. The fourth-order valence-electron chi connectivity index (χ4n) is 4.31. The number of benzene rings is 2. The van der Waals surface area contributed by atoms with Gasteiger partial charge >= 0.3 is 5.97 Å². The van der Waals surface area contributed by atoms with Gasteiger partial charge in [0.25, 0.3) is 0 Å². The molecule has 1 aliphatic rings. The Morgan fingerprint density at radius 1 is 1.30 bits per heavy atom. The lowest BCUT2D eigenvalue weighted by Gasteiger charge is -2.29. The maximum atomic E-state index is 10.8. The second-order valence-corrected chi connectivity index (χ2v) is 8.62. The molecule has 0 saturated carbocycles. The van der Waals surface area contributed by atoms with Gasteiger partial charge in [-0.05, 0) is 68.6 Å². The van der Waals surface area contributed by atoms with Crippen LogP contribution in [0.25, 0.3) is 22.5 Å². The summed E-state index contributed by atoms with van der Waals surface area (Å²) in [5, 5.41) is 26.1. The Morgan fingerprint density at radius 3 is 2.91 bits per heavy atom. The van der Waals surface area contributed by atoms with Gasteiger partial charge in [0.2, 0.25) is 0 Å². The average molecular weight is 445 g/mol. The van der Waals surface area contributed by atoms with Crippen LogP contribution >= 0.6 is 0 Å². The number of carbonyl (C=O) groups is 1. The summed E-state index contributed by atoms with van der Waals surface area (Å²) in [6.45, 7) is 6.40. The van der Waals surface area contributed by atoms with Crippen molar-refractivity contribution in [2.75, 3.05) is 13.1 Å². The van der Waals surface area contributed by atoms with Gasteiger partial charge in [-0.3, -0.25) is 14.8 Å². The highest BCUT2D eigenvalue weighted by Crippen LogP contribution is 2.32. The van der Waals surface area contributed by atoms with E-state index in [9.17, 15) is 10.1 Å². The standard InChI is InChI=1S/C26H28N4O3/c1-17(2)33-25-9-8-18(13-20(25)15-27)23-14-24(29-28-23)22-6-3-5-19-16-30(12-10-21(19)22)11-4-7-26(31)32/h3,5-6,8-9,13-14,17H,4,7,10-12,16H2,1-2H3,(H,28,29)(H,31,32). The number of aromatic nitrogens is 2. The van der Waals surface area contributed by atoms with Crippen molar-refractivity contribution in [1.82, 2.24) is 15.1 Å². The summed E-state index contributed by atoms with van der Waals surface area (Å²) in [6.07, 6.45) is 1.78. The largest absolute Gasteiger partial charge is 0.490 e. The molecule has 0 amide bonds. The van der Waals surface area contributed by atoms with Crippen LogP contribution in [0, 0.1) is 11.3 Å². The second kappa shape index (κ2) is 9.88. The number of H-pyrrole nitrogens is 1. The Kier molecular flexibility index (Phi) is 6.76. The van der Waals surface area contributed by atoms with Crippen LogP contribution in [0.15, 0.2) is 42.5 Å². The Morgan fingerprint density at radius 2 is 2.15 bits per heavy atom. The van der Waals surface area contributed by atoms with E-state index in [2.05, 4.69) is 39.4 Å². The first kappa shape index (κ1) is 22.6. The van der Waals surface area contributed by atoms with Crippen LogP contribution in [0.4, 0.5) is 0 Å². The van der Waals surface area contributed by atoms with Gasteiger partial charge in [0.05, 0.1) is 23.1 Å². The minimum atomic E-state index is -0.742. The molecule has 0 aliphatic carbocycles. The third-order valence-corrected chi connectivity index (χ3v) is 5.84. The van der Waals surface area contributed by atoms with E-state index in [0.717, 1.165) is 48.6 Å². The molecule has 3 aromatic rings. The highest BCUT2D eigenvalue weighted by molar-refractivity contribution is 5.72. The number of fused-ring (bicyclic) bond motifs is 1. The number of carboxylic acid groups (broad SMARTS) is 1. The van der Waals surface area contributed by atoms with Crippen molar-refractivity contribution in [3.63, 3.8) is 0 Å². The van der Waals surface area contributed by atoms with Crippen LogP contribution in [0.1, 0.15) is 43.4 Å². The van der Waals surface area contributed by atoms with Crippen LogP contribution < -0.4 is 4.74 Å². The van der Waals surface area contributed by atoms with Crippen molar-refractivity contribution in [2.45, 2.75) is 45.8 Å². The number of ether oxygens (including phenoxy) is 1. The van der Waals surface area contributed by atoms with Crippen LogP contribution in [0.2, 0.25) is 0 Å². The summed E-state index contributed by atoms with van der Waals surface area (Å²) >= 11 is 0. The summed E-state index contributed by atoms with van der Waals surface area (Å²) in [5.74, 6) is -0.161. The maximum Gasteiger partial charge on any atom is 0.303 e. The molecule has 0 spiro atoms. The van der Waals surface area contributed by atoms with Gasteiger partial charge in [-0.1, -0.05) is 18.2 Å². The third kappa shape index (κ3) is 5.24. The Bertz CT molecular complexity index is 1190. The molecule has 7 heteroatoms. The van der Waals surface area contributed by atoms with Gasteiger partial charge in [0, 0.05) is 30.6 Å². The number of hydrogen-bond acceptors (Lipinski definition) is 5. The van der Waals surface area contributed by atoms with Crippen molar-refractivity contribution in [3.05, 3.63) is 59.2 Å². The maximum absolute atomic E-state index is 10.8. The first-order chi connectivity index (χ1) is 15.9. The second-order valence-electron chi connectivity index (χ2n) is 8.62. The van der Waals surface area contributed by atoms with Crippen LogP contribution in [-0.4, -0.2) is 45.4 Å². The molecule has 0 radical (unpaired) electrons. The van der Waals surface area contributed by atoms with Gasteiger partial charge < -0.3 is 9.84 Å². The number of carboxylic acids is 1. The van der Waals surface area contributed by atoms with Gasteiger partial charge in [-0.15, -0.1) is 0 Å². The van der Waals surface area contributed by atoms with Crippen LogP contribution in [0.3, 0.4) is 0 Å². The minimum Gasteiger partial charge on any atom is -0.490 e. The lowest BCUT2D eigenvalue weighted by Crippen LogP contribution is -2.31. The molecule has 0 fully saturated rings. The number of hydrogen-bond donors (Lipinski definition) is 2. The van der Waals surface area contributed by atoms with E-state index in [1.54, 1.807) is 0 Å². The molecule has 33 heavy (non-hydrogen) atoms. The monoisotopic (exact) mass is 444 g/mol. The summed E-state index contributed by atoms with van der Waals surface area (Å²) in [6, 6.07) is 16.1. The van der Waals surface area contributed by atoms with Gasteiger partial charge in [0.15, 0.2) is 0 Å². The lowest BCUT2D eigenvalue weighted by atomic mass is 9.92. The van der Waals surface area contributed by atoms with E-state index in [1.165, 1.54) is 11.1 Å². The number of rotatable bonds is 8. The number of nitrogens with one attached hydrogen (secondary N) is 1. The fourth-order valence-corrected chi connectivity index (χ4v) is 4.31. The topological polar surface area (TPSA) is 102 Å². The lowest BCUT2D eigenvalue weighted by molar-refractivity contribution is -0.137. The summed E-state index contributed by atoms with van der Waals surface area (Å²) < 4.78 is 5.72. The normalized spacial score (nSPS) is 13.5. The van der Waals surface area contributed by atoms with E-state index >= 15 is 0 Å². The molecular weight excluding hydrogens is 416 g/mol. The molecule has 4 rings (SSSR count). The average Bonchev–Trinajstić information content (AvgIpc) is 3.28. The molecule has 2 N–H and O–H groups in total. The smallest absolute Gasteiger partial charge is 0.303 e. The molecule has 2 aromatic carbocycles. The molecule has 0 saturated heterocycles. The molecule has 1 aliphatic heterocycles. The quantitative estimate of drug-likeness (QED) is 0.525. The van der Waals surface area contributed by atoms with Gasteiger partial charge in [0.1, 0.15) is 11.8 Å². The molecule has 1 aromatic heterocycles. The Balaban J connectivity index is 1.54. The molecule has 170 valence electrons. The molecule has 0 unspecified atom stereocenters. The van der Waals surface area contributed by atoms with Crippen LogP contribution in [0.5, 0.6) is 5.75 Å². The molecule has 2 heterocycles. The van der Waals surface area contributed by atoms with E-state index in [1.807, 2.05) is 38.1 Å². The van der Waals surface area contributed by atoms with Crippen molar-refractivity contribution >= 4 is 5.97 Å². The van der Waals surface area contributed by atoms with Crippen molar-refractivity contribution < 1.29 is 14.6 Å². The zero-order valence-corrected chi connectivity index (χ0v) is 19.0. The Labute approximate surface area is 193 Å². The van der Waals surface area contributed by atoms with Crippen molar-refractivity contribution in [1.29, 1.82) is 5.26 Å². The molecule has 7 nitrogen and oxygen atoms in total. The van der Waals surface area contributed by atoms with Gasteiger partial charge in [-0.2, -0.15) is 10.4 Å². The Hall–Kier alpha value is -3.63. The minimum absolute atomic E-state index is 0.00251. The number of aromatic amines is 1. The SMILES string of the molecule is CC(C)Oc1ccc(-c2cc(-c3cccc4c3CCN(CCCC(=O)O)C4)[nH]n2)cc1C#N. The van der Waals surface area contributed by atoms with Crippen molar-refractivity contribution in [3.8, 4) is 34.3 Å². The summed E-state index contributed by atoms with van der Waals surface area (Å²) in [5.41, 5.74) is 6.79. The summed E-state index contributed by atoms with van der Waals surface area (Å²) in [7, 11) is 0. The first-order valence-electron chi connectivity index (χ1n) is 11.3. The van der Waals surface area contributed by atoms with Gasteiger partial charge in [-0.25, -0.2) is 0 Å². The molecule has 0 atom stereocenters. The third-order valence-electron chi connectivity index (χ3n) is 5.84. The zero-order valence-electron chi connectivity index (χ0n) is 19.0. The summed E-state index contributed by atoms with van der Waals surface area (Å²) in [4.78, 5) is 13.1. The fraction of sp³-hybridized carbons (Fsp3) is 0.346. The molecule has 0 bridgehead atoms. The highest BCUT2D eigenvalue weighted by Gasteiger charge is 2.20. The number of aliphatic carboxylic acids is 1. The van der Waals surface area contributed by atoms with E-state index in [4.69, 9.17) is 9.84 Å². The zero-order chi connectivity index (χ0) is 23.4. The molecular formula is C26H28N4O3. The highest BCUT2D eigenvalue weighted by atomic mass is 16.5. The first-order valence-corrected chi connectivity index (χ1v) is 11.3. The predicted molar refractivity (Wildman–Crippen MR) is 126 cm³/mol. The predicted octanol–water partition coefficient (Wildman–Crippen LogP) is 4.63. The van der Waals surface area contributed by atoms with Crippen molar-refractivity contribution in [2.24, 2.45) is 0 Å². The van der Waals surface area contributed by atoms with E-state index in [-0.39, 0.29) is 12.5 Å². The van der Waals surface area contributed by atoms with E-state index in [0.29, 0.717) is 17.7 Å². The number of nitriles is 1.